The van der Waals surface area contributed by atoms with Crippen molar-refractivity contribution in [2.75, 3.05) is 43.1 Å². The highest BCUT2D eigenvalue weighted by Crippen LogP contribution is 2.28. The summed E-state index contributed by atoms with van der Waals surface area (Å²) < 4.78 is 5.52. The summed E-state index contributed by atoms with van der Waals surface area (Å²) in [4.78, 5) is 25.8. The van der Waals surface area contributed by atoms with Gasteiger partial charge in [-0.3, -0.25) is 9.59 Å². The SMILES string of the molecule is CCN(CC)C(=O)COc1ccc(NC(=O)CC2CSCCN2)cc1Cl. The first-order valence-corrected chi connectivity index (χ1v) is 10.4. The van der Waals surface area contributed by atoms with Gasteiger partial charge in [0.15, 0.2) is 6.61 Å². The van der Waals surface area contributed by atoms with Crippen molar-refractivity contribution in [3.05, 3.63) is 23.2 Å². The quantitative estimate of drug-likeness (QED) is 0.703. The minimum atomic E-state index is -0.0821. The Morgan fingerprint density at radius 3 is 2.77 bits per heavy atom. The lowest BCUT2D eigenvalue weighted by Gasteiger charge is -2.22. The van der Waals surface area contributed by atoms with E-state index in [1.54, 1.807) is 23.1 Å². The third-order valence-electron chi connectivity index (χ3n) is 4.11. The predicted molar refractivity (Wildman–Crippen MR) is 107 cm³/mol. The van der Waals surface area contributed by atoms with Crippen LogP contribution in [0.4, 0.5) is 5.69 Å². The van der Waals surface area contributed by atoms with Crippen molar-refractivity contribution in [3.8, 4) is 5.75 Å². The molecule has 1 atom stereocenters. The van der Waals surface area contributed by atoms with E-state index in [2.05, 4.69) is 10.6 Å². The van der Waals surface area contributed by atoms with Gasteiger partial charge in [-0.2, -0.15) is 11.8 Å². The van der Waals surface area contributed by atoms with Crippen molar-refractivity contribution in [1.29, 1.82) is 0 Å². The van der Waals surface area contributed by atoms with Crippen LogP contribution < -0.4 is 15.4 Å². The molecule has 2 N–H and O–H groups in total. The lowest BCUT2D eigenvalue weighted by Crippen LogP contribution is -2.39. The first-order valence-electron chi connectivity index (χ1n) is 8.84. The van der Waals surface area contributed by atoms with Crippen molar-refractivity contribution in [2.24, 2.45) is 0 Å². The molecular formula is C18H26ClN3O3S. The second-order valence-corrected chi connectivity index (χ2v) is 7.54. The molecule has 0 aromatic heterocycles. The summed E-state index contributed by atoms with van der Waals surface area (Å²) >= 11 is 8.08. The van der Waals surface area contributed by atoms with Crippen LogP contribution in [0, 0.1) is 0 Å². The third kappa shape index (κ3) is 6.37. The van der Waals surface area contributed by atoms with Gasteiger partial charge in [0.1, 0.15) is 5.75 Å². The molecule has 2 rings (SSSR count). The molecule has 144 valence electrons. The maximum Gasteiger partial charge on any atom is 0.260 e. The summed E-state index contributed by atoms with van der Waals surface area (Å²) in [7, 11) is 0. The average Bonchev–Trinajstić information content (AvgIpc) is 2.63. The smallest absolute Gasteiger partial charge is 0.260 e. The molecule has 1 aromatic rings. The molecule has 0 saturated carbocycles. The number of halogens is 1. The standard InChI is InChI=1S/C18H26ClN3O3S/c1-3-22(4-2)18(24)11-25-16-6-5-13(9-15(16)19)21-17(23)10-14-12-26-8-7-20-14/h5-6,9,14,20H,3-4,7-8,10-12H2,1-2H3,(H,21,23). The van der Waals surface area contributed by atoms with E-state index in [1.165, 1.54) is 0 Å². The molecule has 0 aliphatic carbocycles. The molecular weight excluding hydrogens is 374 g/mol. The number of nitrogens with zero attached hydrogens (tertiary/aromatic N) is 1. The zero-order valence-corrected chi connectivity index (χ0v) is 16.8. The second kappa shape index (κ2) is 10.6. The fourth-order valence-corrected chi connectivity index (χ4v) is 3.87. The van der Waals surface area contributed by atoms with Crippen LogP contribution in [0.25, 0.3) is 0 Å². The van der Waals surface area contributed by atoms with Crippen LogP contribution in [0.1, 0.15) is 20.3 Å². The number of carbonyl (C=O) groups is 2. The zero-order chi connectivity index (χ0) is 18.9. The Balaban J connectivity index is 1.85. The number of likely N-dealkylation sites (N-methyl/N-ethyl adjacent to an activating group) is 1. The number of thioether (sulfide) groups is 1. The van der Waals surface area contributed by atoms with E-state index in [0.717, 1.165) is 18.1 Å². The van der Waals surface area contributed by atoms with Gasteiger partial charge >= 0.3 is 0 Å². The van der Waals surface area contributed by atoms with Gasteiger partial charge in [0.2, 0.25) is 5.91 Å². The minimum absolute atomic E-state index is 0.0496. The highest BCUT2D eigenvalue weighted by Gasteiger charge is 2.17. The highest BCUT2D eigenvalue weighted by molar-refractivity contribution is 7.99. The van der Waals surface area contributed by atoms with E-state index < -0.39 is 0 Å². The van der Waals surface area contributed by atoms with Crippen LogP contribution in [-0.4, -0.2) is 60.5 Å². The van der Waals surface area contributed by atoms with E-state index in [4.69, 9.17) is 16.3 Å². The van der Waals surface area contributed by atoms with Crippen molar-refractivity contribution >= 4 is 40.9 Å². The Morgan fingerprint density at radius 2 is 2.15 bits per heavy atom. The maximum atomic E-state index is 12.1. The van der Waals surface area contributed by atoms with E-state index in [0.29, 0.717) is 36.0 Å². The number of benzene rings is 1. The van der Waals surface area contributed by atoms with E-state index in [1.807, 2.05) is 25.6 Å². The second-order valence-electron chi connectivity index (χ2n) is 5.98. The van der Waals surface area contributed by atoms with Crippen LogP contribution >= 0.6 is 23.4 Å². The summed E-state index contributed by atoms with van der Waals surface area (Å²) in [5.41, 5.74) is 0.617. The van der Waals surface area contributed by atoms with Crippen LogP contribution in [-0.2, 0) is 9.59 Å². The highest BCUT2D eigenvalue weighted by atomic mass is 35.5. The van der Waals surface area contributed by atoms with E-state index in [-0.39, 0.29) is 24.5 Å². The molecule has 6 nitrogen and oxygen atoms in total. The number of rotatable bonds is 8. The third-order valence-corrected chi connectivity index (χ3v) is 5.54. The zero-order valence-electron chi connectivity index (χ0n) is 15.2. The Hall–Kier alpha value is -1.44. The van der Waals surface area contributed by atoms with Gasteiger partial charge in [0, 0.05) is 49.3 Å². The first kappa shape index (κ1) is 20.9. The number of hydrogen-bond acceptors (Lipinski definition) is 5. The molecule has 1 aromatic carbocycles. The molecule has 1 aliphatic rings. The predicted octanol–water partition coefficient (Wildman–Crippen LogP) is 2.62. The summed E-state index contributed by atoms with van der Waals surface area (Å²) in [6.07, 6.45) is 0.432. The van der Waals surface area contributed by atoms with Crippen LogP contribution in [0.2, 0.25) is 5.02 Å². The van der Waals surface area contributed by atoms with Gasteiger partial charge in [0.05, 0.1) is 5.02 Å². The fourth-order valence-electron chi connectivity index (χ4n) is 2.69. The number of hydrogen-bond donors (Lipinski definition) is 2. The van der Waals surface area contributed by atoms with Gasteiger partial charge in [-0.25, -0.2) is 0 Å². The first-order chi connectivity index (χ1) is 12.5. The number of amides is 2. The summed E-state index contributed by atoms with van der Waals surface area (Å²) in [5.74, 6) is 2.33. The van der Waals surface area contributed by atoms with Gasteiger partial charge < -0.3 is 20.3 Å². The number of ether oxygens (including phenoxy) is 1. The molecule has 8 heteroatoms. The molecule has 0 bridgehead atoms. The lowest BCUT2D eigenvalue weighted by atomic mass is 10.2. The summed E-state index contributed by atoms with van der Waals surface area (Å²) in [6, 6.07) is 5.24. The summed E-state index contributed by atoms with van der Waals surface area (Å²) in [6.45, 7) is 6.02. The molecule has 1 unspecified atom stereocenters. The van der Waals surface area contributed by atoms with E-state index >= 15 is 0 Å². The Bertz CT molecular complexity index is 620. The lowest BCUT2D eigenvalue weighted by molar-refractivity contribution is -0.133. The van der Waals surface area contributed by atoms with E-state index in [9.17, 15) is 9.59 Å². The number of nitrogens with one attached hydrogen (secondary N) is 2. The van der Waals surface area contributed by atoms with Gasteiger partial charge in [-0.15, -0.1) is 0 Å². The van der Waals surface area contributed by atoms with Crippen LogP contribution in [0.5, 0.6) is 5.75 Å². The largest absolute Gasteiger partial charge is 0.482 e. The van der Waals surface area contributed by atoms with Crippen molar-refractivity contribution in [3.63, 3.8) is 0 Å². The topological polar surface area (TPSA) is 70.7 Å². The Labute approximate surface area is 164 Å². The molecule has 0 radical (unpaired) electrons. The molecule has 1 aliphatic heterocycles. The normalized spacial score (nSPS) is 16.8. The molecule has 2 amide bonds. The fraction of sp³-hybridized carbons (Fsp3) is 0.556. The monoisotopic (exact) mass is 399 g/mol. The van der Waals surface area contributed by atoms with Gasteiger partial charge in [0.25, 0.3) is 5.91 Å². The average molecular weight is 400 g/mol. The molecule has 1 saturated heterocycles. The van der Waals surface area contributed by atoms with Crippen molar-refractivity contribution in [1.82, 2.24) is 10.2 Å². The number of anilines is 1. The Morgan fingerprint density at radius 1 is 1.38 bits per heavy atom. The van der Waals surface area contributed by atoms with Crippen molar-refractivity contribution in [2.45, 2.75) is 26.3 Å². The molecule has 1 fully saturated rings. The summed E-state index contributed by atoms with van der Waals surface area (Å²) in [5, 5.41) is 6.56. The minimum Gasteiger partial charge on any atom is -0.482 e. The van der Waals surface area contributed by atoms with Crippen LogP contribution in [0.3, 0.4) is 0 Å². The Kier molecular flexibility index (Phi) is 8.54. The molecule has 0 spiro atoms. The molecule has 1 heterocycles. The number of carbonyl (C=O) groups excluding carboxylic acids is 2. The molecule has 26 heavy (non-hydrogen) atoms. The maximum absolute atomic E-state index is 12.1. The van der Waals surface area contributed by atoms with Crippen LogP contribution in [0.15, 0.2) is 18.2 Å². The van der Waals surface area contributed by atoms with Gasteiger partial charge in [-0.05, 0) is 32.0 Å². The van der Waals surface area contributed by atoms with Crippen molar-refractivity contribution < 1.29 is 14.3 Å². The van der Waals surface area contributed by atoms with Gasteiger partial charge in [-0.1, -0.05) is 11.6 Å².